The summed E-state index contributed by atoms with van der Waals surface area (Å²) in [5.74, 6) is -0.515. The maximum Gasteiger partial charge on any atom is 0.270 e. The highest BCUT2D eigenvalue weighted by molar-refractivity contribution is 6.34. The van der Waals surface area contributed by atoms with Crippen LogP contribution in [0.5, 0.6) is 0 Å². The fourth-order valence-electron chi connectivity index (χ4n) is 2.42. The standard InChI is InChI=1S/C19H14ClN3O3/c20-18-10-9-16(23(25)26)11-17(18)19(24)22-15-7-3-13(4-8-15)12-1-5-14(21)6-2-12/h1-11H,21H2,(H,22,24). The third kappa shape index (κ3) is 3.81. The van der Waals surface area contributed by atoms with E-state index in [4.69, 9.17) is 17.3 Å². The summed E-state index contributed by atoms with van der Waals surface area (Å²) in [7, 11) is 0. The van der Waals surface area contributed by atoms with Gasteiger partial charge in [-0.2, -0.15) is 0 Å². The summed E-state index contributed by atoms with van der Waals surface area (Å²) in [6, 6.07) is 18.4. The Labute approximate surface area is 154 Å². The number of hydrogen-bond acceptors (Lipinski definition) is 4. The van der Waals surface area contributed by atoms with Crippen molar-refractivity contribution < 1.29 is 9.72 Å². The van der Waals surface area contributed by atoms with E-state index in [0.717, 1.165) is 17.2 Å². The molecule has 1 amide bonds. The SMILES string of the molecule is Nc1ccc(-c2ccc(NC(=O)c3cc([N+](=O)[O-])ccc3Cl)cc2)cc1. The maximum atomic E-state index is 12.4. The van der Waals surface area contributed by atoms with Gasteiger partial charge in [-0.25, -0.2) is 0 Å². The van der Waals surface area contributed by atoms with Gasteiger partial charge in [-0.05, 0) is 41.5 Å². The van der Waals surface area contributed by atoms with Crippen LogP contribution in [-0.2, 0) is 0 Å². The molecule has 26 heavy (non-hydrogen) atoms. The number of carbonyl (C=O) groups excluding carboxylic acids is 1. The zero-order chi connectivity index (χ0) is 18.7. The largest absolute Gasteiger partial charge is 0.399 e. The van der Waals surface area contributed by atoms with E-state index in [-0.39, 0.29) is 16.3 Å². The first-order chi connectivity index (χ1) is 12.4. The lowest BCUT2D eigenvalue weighted by Crippen LogP contribution is -2.12. The number of nitro benzene ring substituents is 1. The van der Waals surface area contributed by atoms with Gasteiger partial charge in [0.05, 0.1) is 15.5 Å². The lowest BCUT2D eigenvalue weighted by Gasteiger charge is -2.08. The molecular formula is C19H14ClN3O3. The van der Waals surface area contributed by atoms with Gasteiger partial charge in [-0.3, -0.25) is 14.9 Å². The van der Waals surface area contributed by atoms with Crippen LogP contribution in [0.4, 0.5) is 17.1 Å². The van der Waals surface area contributed by atoms with Gasteiger partial charge in [0.1, 0.15) is 0 Å². The van der Waals surface area contributed by atoms with Crippen LogP contribution in [0.25, 0.3) is 11.1 Å². The Morgan fingerprint density at radius 1 is 0.962 bits per heavy atom. The van der Waals surface area contributed by atoms with Crippen molar-refractivity contribution in [3.05, 3.63) is 87.4 Å². The molecule has 0 atom stereocenters. The zero-order valence-electron chi connectivity index (χ0n) is 13.5. The Hall–Kier alpha value is -3.38. The summed E-state index contributed by atoms with van der Waals surface area (Å²) in [5.41, 5.74) is 8.74. The summed E-state index contributed by atoms with van der Waals surface area (Å²) in [6.45, 7) is 0. The number of rotatable bonds is 4. The van der Waals surface area contributed by atoms with Crippen molar-refractivity contribution >= 4 is 34.6 Å². The number of nitrogens with one attached hydrogen (secondary N) is 1. The second-order valence-electron chi connectivity index (χ2n) is 5.57. The van der Waals surface area contributed by atoms with E-state index < -0.39 is 10.8 Å². The van der Waals surface area contributed by atoms with E-state index >= 15 is 0 Å². The Bertz CT molecular complexity index is 970. The monoisotopic (exact) mass is 367 g/mol. The van der Waals surface area contributed by atoms with Gasteiger partial charge in [-0.1, -0.05) is 35.9 Å². The smallest absolute Gasteiger partial charge is 0.270 e. The molecule has 0 aromatic heterocycles. The molecular weight excluding hydrogens is 354 g/mol. The zero-order valence-corrected chi connectivity index (χ0v) is 14.2. The van der Waals surface area contributed by atoms with Gasteiger partial charge < -0.3 is 11.1 Å². The lowest BCUT2D eigenvalue weighted by molar-refractivity contribution is -0.384. The molecule has 0 aliphatic heterocycles. The van der Waals surface area contributed by atoms with Gasteiger partial charge in [0, 0.05) is 23.5 Å². The molecule has 130 valence electrons. The van der Waals surface area contributed by atoms with Crippen molar-refractivity contribution in [1.82, 2.24) is 0 Å². The molecule has 0 saturated carbocycles. The minimum Gasteiger partial charge on any atom is -0.399 e. The Balaban J connectivity index is 1.79. The number of amides is 1. The number of non-ortho nitro benzene ring substituents is 1. The van der Waals surface area contributed by atoms with Gasteiger partial charge in [0.2, 0.25) is 0 Å². The van der Waals surface area contributed by atoms with E-state index in [1.54, 1.807) is 12.1 Å². The topological polar surface area (TPSA) is 98.3 Å². The highest BCUT2D eigenvalue weighted by Gasteiger charge is 2.16. The number of anilines is 2. The van der Waals surface area contributed by atoms with Gasteiger partial charge >= 0.3 is 0 Å². The predicted octanol–water partition coefficient (Wildman–Crippen LogP) is 4.75. The predicted molar refractivity (Wildman–Crippen MR) is 102 cm³/mol. The van der Waals surface area contributed by atoms with Crippen LogP contribution >= 0.6 is 11.6 Å². The fourth-order valence-corrected chi connectivity index (χ4v) is 2.62. The fraction of sp³-hybridized carbons (Fsp3) is 0. The first-order valence-corrected chi connectivity index (χ1v) is 8.03. The molecule has 7 heteroatoms. The number of nitrogens with zero attached hydrogens (tertiary/aromatic N) is 1. The summed E-state index contributed by atoms with van der Waals surface area (Å²) in [6.07, 6.45) is 0. The molecule has 0 unspecified atom stereocenters. The minimum atomic E-state index is -0.575. The molecule has 3 aromatic carbocycles. The quantitative estimate of drug-likeness (QED) is 0.395. The molecule has 0 fully saturated rings. The van der Waals surface area contributed by atoms with Crippen molar-refractivity contribution in [1.29, 1.82) is 0 Å². The van der Waals surface area contributed by atoms with Crippen molar-refractivity contribution in [3.8, 4) is 11.1 Å². The molecule has 3 rings (SSSR count). The van der Waals surface area contributed by atoms with E-state index in [9.17, 15) is 14.9 Å². The van der Waals surface area contributed by atoms with Crippen LogP contribution in [0.3, 0.4) is 0 Å². The molecule has 0 heterocycles. The van der Waals surface area contributed by atoms with E-state index in [1.165, 1.54) is 12.1 Å². The average molecular weight is 368 g/mol. The van der Waals surface area contributed by atoms with E-state index in [1.807, 2.05) is 36.4 Å². The Morgan fingerprint density at radius 2 is 1.54 bits per heavy atom. The second-order valence-corrected chi connectivity index (χ2v) is 5.98. The number of nitro groups is 1. The molecule has 3 aromatic rings. The maximum absolute atomic E-state index is 12.4. The van der Waals surface area contributed by atoms with Crippen LogP contribution in [0.2, 0.25) is 5.02 Å². The molecule has 0 bridgehead atoms. The first kappa shape index (κ1) is 17.4. The number of nitrogen functional groups attached to an aromatic ring is 1. The van der Waals surface area contributed by atoms with Crippen LogP contribution in [0.15, 0.2) is 66.7 Å². The van der Waals surface area contributed by atoms with Crippen LogP contribution < -0.4 is 11.1 Å². The average Bonchev–Trinajstić information content (AvgIpc) is 2.63. The van der Waals surface area contributed by atoms with Crippen LogP contribution in [0, 0.1) is 10.1 Å². The summed E-state index contributed by atoms with van der Waals surface area (Å²) >= 11 is 5.99. The number of halogens is 1. The van der Waals surface area contributed by atoms with E-state index in [2.05, 4.69) is 5.32 Å². The molecule has 0 saturated heterocycles. The lowest BCUT2D eigenvalue weighted by atomic mass is 10.0. The Morgan fingerprint density at radius 3 is 2.12 bits per heavy atom. The second kappa shape index (κ2) is 7.25. The molecule has 0 radical (unpaired) electrons. The summed E-state index contributed by atoms with van der Waals surface area (Å²) < 4.78 is 0. The van der Waals surface area contributed by atoms with Crippen molar-refractivity contribution in [2.45, 2.75) is 0 Å². The minimum absolute atomic E-state index is 0.0449. The third-order valence-corrected chi connectivity index (χ3v) is 4.12. The number of benzene rings is 3. The van der Waals surface area contributed by atoms with E-state index in [0.29, 0.717) is 11.4 Å². The Kier molecular flexibility index (Phi) is 4.86. The number of nitrogens with two attached hydrogens (primary N) is 1. The highest BCUT2D eigenvalue weighted by Crippen LogP contribution is 2.25. The van der Waals surface area contributed by atoms with Gasteiger partial charge in [0.25, 0.3) is 11.6 Å². The van der Waals surface area contributed by atoms with Crippen LogP contribution in [0.1, 0.15) is 10.4 Å². The van der Waals surface area contributed by atoms with Crippen molar-refractivity contribution in [2.75, 3.05) is 11.1 Å². The van der Waals surface area contributed by atoms with Gasteiger partial charge in [0.15, 0.2) is 0 Å². The third-order valence-electron chi connectivity index (χ3n) is 3.79. The molecule has 0 spiro atoms. The van der Waals surface area contributed by atoms with Gasteiger partial charge in [-0.15, -0.1) is 0 Å². The van der Waals surface area contributed by atoms with Crippen molar-refractivity contribution in [3.63, 3.8) is 0 Å². The number of carbonyl (C=O) groups is 1. The summed E-state index contributed by atoms with van der Waals surface area (Å²) in [5, 5.41) is 13.7. The van der Waals surface area contributed by atoms with Crippen LogP contribution in [-0.4, -0.2) is 10.8 Å². The first-order valence-electron chi connectivity index (χ1n) is 7.65. The molecule has 0 aliphatic carbocycles. The summed E-state index contributed by atoms with van der Waals surface area (Å²) in [4.78, 5) is 22.7. The molecule has 6 nitrogen and oxygen atoms in total. The van der Waals surface area contributed by atoms with Crippen molar-refractivity contribution in [2.24, 2.45) is 0 Å². The molecule has 3 N–H and O–H groups in total. The molecule has 0 aliphatic rings. The number of hydrogen-bond donors (Lipinski definition) is 2. The normalized spacial score (nSPS) is 10.3. The highest BCUT2D eigenvalue weighted by atomic mass is 35.5.